The van der Waals surface area contributed by atoms with E-state index in [9.17, 15) is 9.59 Å². The summed E-state index contributed by atoms with van der Waals surface area (Å²) in [5.74, 6) is -1.03. The van der Waals surface area contributed by atoms with Crippen molar-refractivity contribution in [1.82, 2.24) is 10.6 Å². The highest BCUT2D eigenvalue weighted by molar-refractivity contribution is 8.00. The van der Waals surface area contributed by atoms with Gasteiger partial charge in [-0.05, 0) is 26.0 Å². The molecule has 0 spiro atoms. The molecule has 1 atom stereocenters. The molecule has 1 aliphatic carbocycles. The Kier molecular flexibility index (Phi) is 5.78. The highest BCUT2D eigenvalue weighted by Crippen LogP contribution is 2.37. The summed E-state index contributed by atoms with van der Waals surface area (Å²) in [5, 5.41) is 13.9. The second kappa shape index (κ2) is 6.87. The van der Waals surface area contributed by atoms with Crippen LogP contribution >= 0.6 is 11.8 Å². The fourth-order valence-corrected chi connectivity index (χ4v) is 3.11. The van der Waals surface area contributed by atoms with E-state index in [-0.39, 0.29) is 4.75 Å². The van der Waals surface area contributed by atoms with E-state index in [1.54, 1.807) is 11.8 Å². The number of nitrogens with one attached hydrogen (secondary N) is 2. The highest BCUT2D eigenvalue weighted by Gasteiger charge is 2.31. The van der Waals surface area contributed by atoms with Gasteiger partial charge in [-0.25, -0.2) is 4.79 Å². The van der Waals surface area contributed by atoms with Gasteiger partial charge in [0, 0.05) is 11.3 Å². The number of carboxylic acids is 1. The molecule has 5 nitrogen and oxygen atoms in total. The number of urea groups is 1. The van der Waals surface area contributed by atoms with Crippen molar-refractivity contribution in [2.45, 2.75) is 49.8 Å². The van der Waals surface area contributed by atoms with E-state index in [1.165, 1.54) is 26.2 Å². The SMILES string of the molecule is CSC1(CNC(=O)NC(C)C(=O)O)CCCCC1. The summed E-state index contributed by atoms with van der Waals surface area (Å²) < 4.78 is 0.127. The van der Waals surface area contributed by atoms with Gasteiger partial charge in [-0.15, -0.1) is 0 Å². The van der Waals surface area contributed by atoms with Gasteiger partial charge in [0.1, 0.15) is 6.04 Å². The summed E-state index contributed by atoms with van der Waals surface area (Å²) in [5.41, 5.74) is 0. The molecule has 0 radical (unpaired) electrons. The quantitative estimate of drug-likeness (QED) is 0.714. The smallest absolute Gasteiger partial charge is 0.325 e. The number of aliphatic carboxylic acids is 1. The number of thioether (sulfide) groups is 1. The first kappa shape index (κ1) is 15.1. The van der Waals surface area contributed by atoms with Crippen molar-refractivity contribution in [3.63, 3.8) is 0 Å². The molecule has 0 saturated heterocycles. The van der Waals surface area contributed by atoms with E-state index < -0.39 is 18.0 Å². The average Bonchev–Trinajstić information content (AvgIpc) is 2.37. The van der Waals surface area contributed by atoms with E-state index in [1.807, 2.05) is 0 Å². The first-order valence-electron chi connectivity index (χ1n) is 6.31. The lowest BCUT2D eigenvalue weighted by Gasteiger charge is -2.35. The maximum atomic E-state index is 11.6. The fourth-order valence-electron chi connectivity index (χ4n) is 2.20. The number of hydrogen-bond donors (Lipinski definition) is 3. The topological polar surface area (TPSA) is 78.4 Å². The Bertz CT molecular complexity index is 304. The summed E-state index contributed by atoms with van der Waals surface area (Å²) in [7, 11) is 0. The molecule has 1 saturated carbocycles. The fraction of sp³-hybridized carbons (Fsp3) is 0.833. The zero-order valence-corrected chi connectivity index (χ0v) is 11.8. The van der Waals surface area contributed by atoms with E-state index in [2.05, 4.69) is 16.9 Å². The largest absolute Gasteiger partial charge is 0.480 e. The maximum absolute atomic E-state index is 11.6. The van der Waals surface area contributed by atoms with Crippen LogP contribution in [0.4, 0.5) is 4.79 Å². The number of amides is 2. The van der Waals surface area contributed by atoms with Crippen molar-refractivity contribution < 1.29 is 14.7 Å². The third kappa shape index (κ3) is 4.40. The molecule has 6 heteroatoms. The second-order valence-corrected chi connectivity index (χ2v) is 6.11. The van der Waals surface area contributed by atoms with Crippen molar-refractivity contribution in [1.29, 1.82) is 0 Å². The van der Waals surface area contributed by atoms with Gasteiger partial charge in [0.2, 0.25) is 0 Å². The van der Waals surface area contributed by atoms with Crippen LogP contribution in [0.2, 0.25) is 0 Å². The monoisotopic (exact) mass is 274 g/mol. The lowest BCUT2D eigenvalue weighted by molar-refractivity contribution is -0.138. The van der Waals surface area contributed by atoms with Gasteiger partial charge < -0.3 is 15.7 Å². The Hall–Kier alpha value is -0.910. The van der Waals surface area contributed by atoms with Gasteiger partial charge >= 0.3 is 12.0 Å². The molecular formula is C12H22N2O3S. The minimum absolute atomic E-state index is 0.127. The maximum Gasteiger partial charge on any atom is 0.325 e. The number of rotatable bonds is 5. The molecule has 0 aromatic rings. The highest BCUT2D eigenvalue weighted by atomic mass is 32.2. The van der Waals surface area contributed by atoms with Crippen LogP contribution in [0, 0.1) is 0 Å². The van der Waals surface area contributed by atoms with Crippen LogP contribution in [-0.2, 0) is 4.79 Å². The number of carbonyl (C=O) groups excluding carboxylic acids is 1. The van der Waals surface area contributed by atoms with Crippen molar-refractivity contribution in [2.75, 3.05) is 12.8 Å². The first-order valence-corrected chi connectivity index (χ1v) is 7.54. The van der Waals surface area contributed by atoms with Crippen LogP contribution in [0.3, 0.4) is 0 Å². The number of carbonyl (C=O) groups is 2. The third-order valence-electron chi connectivity index (χ3n) is 3.49. The predicted octanol–water partition coefficient (Wildman–Crippen LogP) is 1.82. The van der Waals surface area contributed by atoms with Crippen LogP contribution in [0.5, 0.6) is 0 Å². The second-order valence-electron chi connectivity index (χ2n) is 4.83. The van der Waals surface area contributed by atoms with E-state index in [0.29, 0.717) is 6.54 Å². The molecule has 0 aromatic carbocycles. The minimum Gasteiger partial charge on any atom is -0.480 e. The van der Waals surface area contributed by atoms with Gasteiger partial charge in [-0.3, -0.25) is 4.79 Å². The standard InChI is InChI=1S/C12H22N2O3S/c1-9(10(15)16)14-11(17)13-8-12(18-2)6-4-3-5-7-12/h9H,3-8H2,1-2H3,(H,15,16)(H2,13,14,17). The van der Waals surface area contributed by atoms with Crippen LogP contribution < -0.4 is 10.6 Å². The molecule has 1 unspecified atom stereocenters. The Morgan fingerprint density at radius 1 is 1.33 bits per heavy atom. The normalized spacial score (nSPS) is 19.9. The lowest BCUT2D eigenvalue weighted by Crippen LogP contribution is -2.49. The molecule has 0 heterocycles. The van der Waals surface area contributed by atoms with Gasteiger partial charge in [0.25, 0.3) is 0 Å². The van der Waals surface area contributed by atoms with Crippen LogP contribution in [0.15, 0.2) is 0 Å². The molecule has 2 amide bonds. The third-order valence-corrected chi connectivity index (χ3v) is 4.91. The molecule has 1 fully saturated rings. The first-order chi connectivity index (χ1) is 8.49. The molecule has 18 heavy (non-hydrogen) atoms. The summed E-state index contributed by atoms with van der Waals surface area (Å²) in [6, 6.07) is -1.26. The van der Waals surface area contributed by atoms with E-state index in [4.69, 9.17) is 5.11 Å². The molecule has 0 bridgehead atoms. The average molecular weight is 274 g/mol. The zero-order valence-electron chi connectivity index (χ0n) is 11.0. The van der Waals surface area contributed by atoms with Crippen molar-refractivity contribution in [3.8, 4) is 0 Å². The van der Waals surface area contributed by atoms with Crippen LogP contribution in [0.25, 0.3) is 0 Å². The molecule has 104 valence electrons. The Morgan fingerprint density at radius 2 is 1.94 bits per heavy atom. The minimum atomic E-state index is -1.03. The Morgan fingerprint density at radius 3 is 2.44 bits per heavy atom. The molecule has 0 aromatic heterocycles. The van der Waals surface area contributed by atoms with Gasteiger partial charge in [-0.1, -0.05) is 19.3 Å². The predicted molar refractivity (Wildman–Crippen MR) is 73.0 cm³/mol. The molecule has 3 N–H and O–H groups in total. The van der Waals surface area contributed by atoms with E-state index >= 15 is 0 Å². The van der Waals surface area contributed by atoms with Gasteiger partial charge in [0.15, 0.2) is 0 Å². The molecule has 1 aliphatic rings. The van der Waals surface area contributed by atoms with Crippen molar-refractivity contribution >= 4 is 23.8 Å². The van der Waals surface area contributed by atoms with Crippen molar-refractivity contribution in [2.24, 2.45) is 0 Å². The van der Waals surface area contributed by atoms with Gasteiger partial charge in [-0.2, -0.15) is 11.8 Å². The van der Waals surface area contributed by atoms with E-state index in [0.717, 1.165) is 12.8 Å². The summed E-state index contributed by atoms with van der Waals surface area (Å²) in [6.45, 7) is 2.05. The molecular weight excluding hydrogens is 252 g/mol. The number of hydrogen-bond acceptors (Lipinski definition) is 3. The summed E-state index contributed by atoms with van der Waals surface area (Å²) in [6.07, 6.45) is 7.98. The van der Waals surface area contributed by atoms with Crippen LogP contribution in [0.1, 0.15) is 39.0 Å². The molecule has 0 aliphatic heterocycles. The zero-order chi connectivity index (χ0) is 13.6. The van der Waals surface area contributed by atoms with Crippen LogP contribution in [-0.4, -0.2) is 40.7 Å². The van der Waals surface area contributed by atoms with Crippen molar-refractivity contribution in [3.05, 3.63) is 0 Å². The Labute approximate surface area is 112 Å². The number of carboxylic acid groups (broad SMARTS) is 1. The van der Waals surface area contributed by atoms with Gasteiger partial charge in [0.05, 0.1) is 0 Å². The Balaban J connectivity index is 2.38. The lowest BCUT2D eigenvalue weighted by atomic mass is 9.88. The summed E-state index contributed by atoms with van der Waals surface area (Å²) in [4.78, 5) is 22.2. The molecule has 1 rings (SSSR count). The summed E-state index contributed by atoms with van der Waals surface area (Å²) >= 11 is 1.80.